The van der Waals surface area contributed by atoms with Crippen LogP contribution >= 0.6 is 0 Å². The average Bonchev–Trinajstić information content (AvgIpc) is 2.86. The van der Waals surface area contributed by atoms with Crippen molar-refractivity contribution in [3.63, 3.8) is 0 Å². The first kappa shape index (κ1) is 12.1. The molecule has 1 fully saturated rings. The van der Waals surface area contributed by atoms with Crippen LogP contribution in [0.25, 0.3) is 11.3 Å². The molecule has 0 spiro atoms. The van der Waals surface area contributed by atoms with E-state index < -0.39 is 0 Å². The second-order valence-corrected chi connectivity index (χ2v) is 5.29. The average molecular weight is 251 g/mol. The number of carbonyl (C=O) groups is 1. The van der Waals surface area contributed by atoms with Gasteiger partial charge in [-0.3, -0.25) is 9.78 Å². The van der Waals surface area contributed by atoms with E-state index in [0.29, 0.717) is 18.1 Å². The zero-order valence-corrected chi connectivity index (χ0v) is 11.1. The van der Waals surface area contributed by atoms with Gasteiger partial charge in [-0.25, -0.2) is 0 Å². The van der Waals surface area contributed by atoms with E-state index in [-0.39, 0.29) is 0 Å². The summed E-state index contributed by atoms with van der Waals surface area (Å²) in [4.78, 5) is 16.0. The lowest BCUT2D eigenvalue weighted by atomic mass is 9.91. The van der Waals surface area contributed by atoms with Gasteiger partial charge in [-0.2, -0.15) is 0 Å². The summed E-state index contributed by atoms with van der Waals surface area (Å²) in [6.07, 6.45) is 4.27. The first-order chi connectivity index (χ1) is 9.24. The van der Waals surface area contributed by atoms with Crippen LogP contribution < -0.4 is 0 Å². The summed E-state index contributed by atoms with van der Waals surface area (Å²) >= 11 is 0. The minimum Gasteiger partial charge on any atom is -0.300 e. The molecule has 19 heavy (non-hydrogen) atoms. The number of nitrogens with zero attached hydrogens (tertiary/aromatic N) is 1. The molecule has 1 heterocycles. The molecular weight excluding hydrogens is 234 g/mol. The molecule has 0 saturated heterocycles. The number of carbonyl (C=O) groups excluding carboxylic acids is 1. The van der Waals surface area contributed by atoms with Gasteiger partial charge in [0.25, 0.3) is 0 Å². The fourth-order valence-corrected chi connectivity index (χ4v) is 2.79. The van der Waals surface area contributed by atoms with Crippen LogP contribution in [-0.4, -0.2) is 10.8 Å². The van der Waals surface area contributed by atoms with Crippen molar-refractivity contribution >= 4 is 5.78 Å². The van der Waals surface area contributed by atoms with Crippen molar-refractivity contribution in [2.24, 2.45) is 0 Å². The van der Waals surface area contributed by atoms with Gasteiger partial charge < -0.3 is 0 Å². The third-order valence-electron chi connectivity index (χ3n) is 3.83. The van der Waals surface area contributed by atoms with E-state index in [1.165, 1.54) is 11.1 Å². The number of hydrogen-bond acceptors (Lipinski definition) is 2. The zero-order valence-electron chi connectivity index (χ0n) is 11.1. The van der Waals surface area contributed by atoms with Crippen LogP contribution in [-0.2, 0) is 4.79 Å². The van der Waals surface area contributed by atoms with Gasteiger partial charge in [0, 0.05) is 24.6 Å². The molecule has 2 heteroatoms. The Bertz CT molecular complexity index is 601. The summed E-state index contributed by atoms with van der Waals surface area (Å²) in [5, 5.41) is 0. The molecule has 1 aromatic heterocycles. The number of pyridine rings is 1. The molecule has 96 valence electrons. The van der Waals surface area contributed by atoms with Gasteiger partial charge in [0.15, 0.2) is 0 Å². The van der Waals surface area contributed by atoms with Crippen LogP contribution in [0.1, 0.15) is 36.3 Å². The lowest BCUT2D eigenvalue weighted by molar-refractivity contribution is -0.117. The Labute approximate surface area is 113 Å². The second-order valence-electron chi connectivity index (χ2n) is 5.29. The fourth-order valence-electron chi connectivity index (χ4n) is 2.79. The van der Waals surface area contributed by atoms with Crippen molar-refractivity contribution in [1.29, 1.82) is 0 Å². The Balaban J connectivity index is 2.02. The van der Waals surface area contributed by atoms with Gasteiger partial charge in [-0.05, 0) is 36.5 Å². The quantitative estimate of drug-likeness (QED) is 0.810. The summed E-state index contributed by atoms with van der Waals surface area (Å²) in [6.45, 7) is 2.04. The summed E-state index contributed by atoms with van der Waals surface area (Å²) in [5.41, 5.74) is 4.60. The van der Waals surface area contributed by atoms with Crippen molar-refractivity contribution in [3.8, 4) is 11.3 Å². The molecule has 1 atom stereocenters. The van der Waals surface area contributed by atoms with Crippen LogP contribution in [0.3, 0.4) is 0 Å². The Morgan fingerprint density at radius 1 is 1.16 bits per heavy atom. The second kappa shape index (κ2) is 4.96. The topological polar surface area (TPSA) is 30.0 Å². The lowest BCUT2D eigenvalue weighted by Gasteiger charge is -2.14. The van der Waals surface area contributed by atoms with Crippen molar-refractivity contribution in [1.82, 2.24) is 4.98 Å². The first-order valence-electron chi connectivity index (χ1n) is 6.77. The fraction of sp³-hybridized carbons (Fsp3) is 0.294. The van der Waals surface area contributed by atoms with Gasteiger partial charge in [0.2, 0.25) is 0 Å². The van der Waals surface area contributed by atoms with Crippen molar-refractivity contribution in [2.75, 3.05) is 0 Å². The maximum atomic E-state index is 11.5. The summed E-state index contributed by atoms with van der Waals surface area (Å²) in [5.74, 6) is 0.753. The third kappa shape index (κ3) is 2.43. The first-order valence-corrected chi connectivity index (χ1v) is 6.77. The molecule has 2 nitrogen and oxygen atoms in total. The number of aromatic nitrogens is 1. The van der Waals surface area contributed by atoms with E-state index in [0.717, 1.165) is 24.1 Å². The van der Waals surface area contributed by atoms with Crippen molar-refractivity contribution in [2.45, 2.75) is 32.1 Å². The summed E-state index contributed by atoms with van der Waals surface area (Å²) < 4.78 is 0. The Morgan fingerprint density at radius 3 is 2.68 bits per heavy atom. The number of hydrogen-bond donors (Lipinski definition) is 0. The predicted molar refractivity (Wildman–Crippen MR) is 76.0 cm³/mol. The highest BCUT2D eigenvalue weighted by atomic mass is 16.1. The molecule has 0 radical (unpaired) electrons. The molecule has 3 rings (SSSR count). The summed E-state index contributed by atoms with van der Waals surface area (Å²) in [7, 11) is 0. The van der Waals surface area contributed by atoms with Crippen molar-refractivity contribution < 1.29 is 4.79 Å². The number of ketones is 1. The minimum atomic E-state index is 0.367. The molecule has 1 aliphatic rings. The molecule has 0 N–H and O–H groups in total. The number of benzene rings is 1. The van der Waals surface area contributed by atoms with Gasteiger partial charge in [-0.1, -0.05) is 30.3 Å². The van der Waals surface area contributed by atoms with E-state index >= 15 is 0 Å². The van der Waals surface area contributed by atoms with E-state index in [9.17, 15) is 4.79 Å². The van der Waals surface area contributed by atoms with E-state index in [2.05, 4.69) is 35.3 Å². The summed E-state index contributed by atoms with van der Waals surface area (Å²) in [6, 6.07) is 12.5. The smallest absolute Gasteiger partial charge is 0.133 e. The van der Waals surface area contributed by atoms with Gasteiger partial charge in [-0.15, -0.1) is 0 Å². The molecule has 1 unspecified atom stereocenters. The van der Waals surface area contributed by atoms with Crippen LogP contribution in [0.2, 0.25) is 0 Å². The monoisotopic (exact) mass is 251 g/mol. The zero-order chi connectivity index (χ0) is 13.2. The maximum Gasteiger partial charge on any atom is 0.133 e. The Hall–Kier alpha value is -1.96. The van der Waals surface area contributed by atoms with Gasteiger partial charge in [0.1, 0.15) is 5.78 Å². The van der Waals surface area contributed by atoms with Crippen LogP contribution in [0.5, 0.6) is 0 Å². The molecular formula is C17H17NO. The van der Waals surface area contributed by atoms with E-state index in [1.54, 1.807) is 0 Å². The lowest BCUT2D eigenvalue weighted by Crippen LogP contribution is -1.98. The molecule has 0 bridgehead atoms. The van der Waals surface area contributed by atoms with Crippen LogP contribution in [0.15, 0.2) is 42.6 Å². The molecule has 2 aromatic rings. The molecule has 0 amide bonds. The third-order valence-corrected chi connectivity index (χ3v) is 3.83. The highest BCUT2D eigenvalue weighted by Crippen LogP contribution is 2.37. The number of rotatable bonds is 2. The Morgan fingerprint density at radius 2 is 2.00 bits per heavy atom. The largest absolute Gasteiger partial charge is 0.300 e. The SMILES string of the molecule is Cc1ccc(-c2ccccc2C2CCC(=O)C2)nc1. The van der Waals surface area contributed by atoms with Crippen molar-refractivity contribution in [3.05, 3.63) is 53.7 Å². The predicted octanol–water partition coefficient (Wildman–Crippen LogP) is 3.89. The van der Waals surface area contributed by atoms with Crippen LogP contribution in [0, 0.1) is 6.92 Å². The highest BCUT2D eigenvalue weighted by molar-refractivity contribution is 5.82. The standard InChI is InChI=1S/C17H17NO/c1-12-6-9-17(18-11-12)16-5-3-2-4-15(16)13-7-8-14(19)10-13/h2-6,9,11,13H,7-8,10H2,1H3. The number of Topliss-reactive ketones (excluding diaryl/α,β-unsaturated/α-hetero) is 1. The number of aryl methyl sites for hydroxylation is 1. The normalized spacial score (nSPS) is 18.8. The molecule has 1 aromatic carbocycles. The Kier molecular flexibility index (Phi) is 3.16. The maximum absolute atomic E-state index is 11.5. The van der Waals surface area contributed by atoms with Crippen LogP contribution in [0.4, 0.5) is 0 Å². The highest BCUT2D eigenvalue weighted by Gasteiger charge is 2.25. The molecule has 1 aliphatic carbocycles. The van der Waals surface area contributed by atoms with E-state index in [1.807, 2.05) is 19.2 Å². The van der Waals surface area contributed by atoms with Gasteiger partial charge in [0.05, 0.1) is 5.69 Å². The molecule has 0 aliphatic heterocycles. The van der Waals surface area contributed by atoms with E-state index in [4.69, 9.17) is 0 Å². The molecule has 1 saturated carbocycles. The van der Waals surface area contributed by atoms with Gasteiger partial charge >= 0.3 is 0 Å². The minimum absolute atomic E-state index is 0.367.